The fourth-order valence-corrected chi connectivity index (χ4v) is 3.42. The van der Waals surface area contributed by atoms with E-state index in [1.807, 2.05) is 0 Å². The summed E-state index contributed by atoms with van der Waals surface area (Å²) in [5, 5.41) is 11.6. The van der Waals surface area contributed by atoms with Crippen molar-refractivity contribution in [1.29, 1.82) is 0 Å². The van der Waals surface area contributed by atoms with Gasteiger partial charge >= 0.3 is 12.3 Å². The molecule has 1 aliphatic rings. The highest BCUT2D eigenvalue weighted by atomic mass is 19.4. The Morgan fingerprint density at radius 2 is 1.89 bits per heavy atom. The van der Waals surface area contributed by atoms with Crippen LogP contribution in [0.3, 0.4) is 0 Å². The molecule has 0 saturated carbocycles. The van der Waals surface area contributed by atoms with Gasteiger partial charge in [0.1, 0.15) is 12.4 Å². The van der Waals surface area contributed by atoms with E-state index in [0.717, 1.165) is 12.1 Å². The summed E-state index contributed by atoms with van der Waals surface area (Å²) in [5.74, 6) is -1.23. The van der Waals surface area contributed by atoms with Crippen LogP contribution >= 0.6 is 0 Å². The van der Waals surface area contributed by atoms with Gasteiger partial charge in [-0.05, 0) is 48.5 Å². The maximum atomic E-state index is 13.0. The number of aromatic nitrogens is 1. The first-order chi connectivity index (χ1) is 16.7. The van der Waals surface area contributed by atoms with Crippen molar-refractivity contribution in [3.05, 3.63) is 66.4 Å². The Balaban J connectivity index is 1.58. The second kappa shape index (κ2) is 9.79. The minimum Gasteiger partial charge on any atom is -0.489 e. The standard InChI is InChI=1S/C23H18F3N3O6/c24-23(25,26)35-15-8-6-14(7-9-15)28-22(32)16-3-1-4-17-20(16)33-12-11-29(17)21-18(5-2-10-27-21)34-13-19(30)31/h1-10H,11-13H2,(H,28,32)(H,30,31). The summed E-state index contributed by atoms with van der Waals surface area (Å²) < 4.78 is 52.0. The van der Waals surface area contributed by atoms with Crippen molar-refractivity contribution in [3.8, 4) is 17.2 Å². The maximum Gasteiger partial charge on any atom is 0.573 e. The van der Waals surface area contributed by atoms with Crippen molar-refractivity contribution >= 4 is 29.1 Å². The molecule has 9 nitrogen and oxygen atoms in total. The summed E-state index contributed by atoms with van der Waals surface area (Å²) in [6, 6.07) is 12.8. The number of aliphatic carboxylic acids is 1. The van der Waals surface area contributed by atoms with Crippen molar-refractivity contribution in [2.24, 2.45) is 0 Å². The number of alkyl halides is 3. The van der Waals surface area contributed by atoms with Gasteiger partial charge in [0, 0.05) is 11.9 Å². The second-order valence-corrected chi connectivity index (χ2v) is 7.19. The van der Waals surface area contributed by atoms with Crippen LogP contribution in [-0.4, -0.2) is 48.1 Å². The number of carbonyl (C=O) groups excluding carboxylic acids is 1. The molecule has 3 aromatic rings. The number of hydrogen-bond donors (Lipinski definition) is 2. The quantitative estimate of drug-likeness (QED) is 0.508. The van der Waals surface area contributed by atoms with Crippen LogP contribution < -0.4 is 24.4 Å². The number of anilines is 3. The van der Waals surface area contributed by atoms with E-state index < -0.39 is 30.6 Å². The number of benzene rings is 2. The molecular weight excluding hydrogens is 471 g/mol. The molecule has 2 N–H and O–H groups in total. The molecule has 0 spiro atoms. The molecular formula is C23H18F3N3O6. The molecule has 1 aromatic heterocycles. The average Bonchev–Trinajstić information content (AvgIpc) is 2.82. The zero-order valence-corrected chi connectivity index (χ0v) is 17.9. The van der Waals surface area contributed by atoms with E-state index in [1.165, 1.54) is 18.3 Å². The minimum absolute atomic E-state index is 0.187. The summed E-state index contributed by atoms with van der Waals surface area (Å²) >= 11 is 0. The van der Waals surface area contributed by atoms with E-state index in [9.17, 15) is 22.8 Å². The van der Waals surface area contributed by atoms with Gasteiger partial charge in [-0.15, -0.1) is 13.2 Å². The molecule has 1 aliphatic heterocycles. The number of nitrogens with zero attached hydrogens (tertiary/aromatic N) is 2. The van der Waals surface area contributed by atoms with E-state index in [0.29, 0.717) is 18.1 Å². The lowest BCUT2D eigenvalue weighted by Gasteiger charge is -2.32. The molecule has 2 aromatic carbocycles. The largest absolute Gasteiger partial charge is 0.573 e. The number of carbonyl (C=O) groups is 2. The Hall–Kier alpha value is -4.48. The monoisotopic (exact) mass is 489 g/mol. The predicted molar refractivity (Wildman–Crippen MR) is 117 cm³/mol. The number of rotatable bonds is 7. The van der Waals surface area contributed by atoms with Gasteiger partial charge < -0.3 is 29.5 Å². The number of hydrogen-bond acceptors (Lipinski definition) is 7. The lowest BCUT2D eigenvalue weighted by molar-refractivity contribution is -0.274. The molecule has 0 atom stereocenters. The number of ether oxygens (including phenoxy) is 3. The van der Waals surface area contributed by atoms with E-state index in [4.69, 9.17) is 14.6 Å². The normalized spacial score (nSPS) is 12.8. The maximum absolute atomic E-state index is 13.0. The first-order valence-corrected chi connectivity index (χ1v) is 10.2. The smallest absolute Gasteiger partial charge is 0.489 e. The van der Waals surface area contributed by atoms with Crippen LogP contribution in [0, 0.1) is 0 Å². The SMILES string of the molecule is O=C(O)COc1cccnc1N1CCOc2c(C(=O)Nc3ccc(OC(F)(F)F)cc3)cccc21. The van der Waals surface area contributed by atoms with Crippen LogP contribution in [-0.2, 0) is 4.79 Å². The number of fused-ring (bicyclic) bond motifs is 1. The van der Waals surface area contributed by atoms with E-state index in [2.05, 4.69) is 15.0 Å². The number of carboxylic acid groups (broad SMARTS) is 1. The second-order valence-electron chi connectivity index (χ2n) is 7.19. The Kier molecular flexibility index (Phi) is 6.62. The molecule has 0 bridgehead atoms. The number of amides is 1. The summed E-state index contributed by atoms with van der Waals surface area (Å²) in [5.41, 5.74) is 0.951. The highest BCUT2D eigenvalue weighted by molar-refractivity contribution is 6.07. The first-order valence-electron chi connectivity index (χ1n) is 10.2. The summed E-state index contributed by atoms with van der Waals surface area (Å²) in [6.07, 6.45) is -3.29. The average molecular weight is 489 g/mol. The molecule has 0 unspecified atom stereocenters. The van der Waals surface area contributed by atoms with E-state index >= 15 is 0 Å². The number of halogens is 3. The fourth-order valence-electron chi connectivity index (χ4n) is 3.42. The van der Waals surface area contributed by atoms with Crippen molar-refractivity contribution in [3.63, 3.8) is 0 Å². The van der Waals surface area contributed by atoms with Gasteiger partial charge in [-0.3, -0.25) is 4.79 Å². The van der Waals surface area contributed by atoms with Crippen LogP contribution in [0.5, 0.6) is 17.2 Å². The Labute approximate surface area is 196 Å². The number of para-hydroxylation sites is 1. The zero-order valence-electron chi connectivity index (χ0n) is 17.9. The Morgan fingerprint density at radius 3 is 2.60 bits per heavy atom. The number of nitrogens with one attached hydrogen (secondary N) is 1. The van der Waals surface area contributed by atoms with Gasteiger partial charge in [-0.1, -0.05) is 6.07 Å². The lowest BCUT2D eigenvalue weighted by Crippen LogP contribution is -2.31. The molecule has 12 heteroatoms. The Morgan fingerprint density at radius 1 is 1.11 bits per heavy atom. The third kappa shape index (κ3) is 5.72. The third-order valence-corrected chi connectivity index (χ3v) is 4.79. The third-order valence-electron chi connectivity index (χ3n) is 4.79. The van der Waals surface area contributed by atoms with Gasteiger partial charge in [-0.2, -0.15) is 0 Å². The lowest BCUT2D eigenvalue weighted by atomic mass is 10.1. The van der Waals surface area contributed by atoms with Crippen molar-refractivity contribution in [1.82, 2.24) is 4.98 Å². The topological polar surface area (TPSA) is 110 Å². The summed E-state index contributed by atoms with van der Waals surface area (Å²) in [6.45, 7) is 0.0139. The molecule has 1 amide bonds. The minimum atomic E-state index is -4.82. The summed E-state index contributed by atoms with van der Waals surface area (Å²) in [7, 11) is 0. The fraction of sp³-hybridized carbons (Fsp3) is 0.174. The number of carboxylic acids is 1. The molecule has 0 fully saturated rings. The van der Waals surface area contributed by atoms with Crippen LogP contribution in [0.1, 0.15) is 10.4 Å². The van der Waals surface area contributed by atoms with E-state index in [1.54, 1.807) is 35.2 Å². The molecule has 2 heterocycles. The molecule has 35 heavy (non-hydrogen) atoms. The van der Waals surface area contributed by atoms with Gasteiger partial charge in [0.2, 0.25) is 0 Å². The molecule has 182 valence electrons. The highest BCUT2D eigenvalue weighted by Crippen LogP contribution is 2.41. The molecule has 0 saturated heterocycles. The molecule has 0 aliphatic carbocycles. The van der Waals surface area contributed by atoms with Crippen LogP contribution in [0.15, 0.2) is 60.8 Å². The molecule has 4 rings (SSSR count). The van der Waals surface area contributed by atoms with Crippen LogP contribution in [0.4, 0.5) is 30.4 Å². The van der Waals surface area contributed by atoms with Gasteiger partial charge in [-0.25, -0.2) is 9.78 Å². The summed E-state index contributed by atoms with van der Waals surface area (Å²) in [4.78, 5) is 29.9. The van der Waals surface area contributed by atoms with Crippen LogP contribution in [0.2, 0.25) is 0 Å². The van der Waals surface area contributed by atoms with Crippen molar-refractivity contribution in [2.45, 2.75) is 6.36 Å². The van der Waals surface area contributed by atoms with Crippen molar-refractivity contribution in [2.75, 3.05) is 30.0 Å². The zero-order chi connectivity index (χ0) is 25.0. The van der Waals surface area contributed by atoms with Crippen molar-refractivity contribution < 1.29 is 42.1 Å². The van der Waals surface area contributed by atoms with Gasteiger partial charge in [0.15, 0.2) is 23.9 Å². The van der Waals surface area contributed by atoms with Gasteiger partial charge in [0.05, 0.1) is 17.8 Å². The first kappa shape index (κ1) is 23.7. The van der Waals surface area contributed by atoms with Crippen LogP contribution in [0.25, 0.3) is 0 Å². The highest BCUT2D eigenvalue weighted by Gasteiger charge is 2.31. The number of pyridine rings is 1. The van der Waals surface area contributed by atoms with E-state index in [-0.39, 0.29) is 29.4 Å². The predicted octanol–water partition coefficient (Wildman–Crippen LogP) is 4.23. The van der Waals surface area contributed by atoms with Gasteiger partial charge in [0.25, 0.3) is 5.91 Å². The molecule has 0 radical (unpaired) electrons. The Bertz CT molecular complexity index is 1230.